The van der Waals surface area contributed by atoms with Crippen molar-refractivity contribution in [3.63, 3.8) is 0 Å². The molecule has 1 heterocycles. The third kappa shape index (κ3) is 3.09. The van der Waals surface area contributed by atoms with Crippen molar-refractivity contribution in [2.45, 2.75) is 24.5 Å². The van der Waals surface area contributed by atoms with Crippen molar-refractivity contribution in [2.24, 2.45) is 5.92 Å². The van der Waals surface area contributed by atoms with Crippen molar-refractivity contribution < 1.29 is 4.79 Å². The molecule has 1 aliphatic heterocycles. The molecule has 1 saturated carbocycles. The average Bonchev–Trinajstić information content (AvgIpc) is 3.25. The highest BCUT2D eigenvalue weighted by Crippen LogP contribution is 2.39. The van der Waals surface area contributed by atoms with Crippen LogP contribution in [0, 0.1) is 5.92 Å². The van der Waals surface area contributed by atoms with E-state index in [0.717, 1.165) is 43.1 Å². The fraction of sp³-hybridized carbons (Fsp3) is 0.533. The Morgan fingerprint density at radius 2 is 2.00 bits per heavy atom. The van der Waals surface area contributed by atoms with Gasteiger partial charge in [0.15, 0.2) is 0 Å². The number of carbonyl (C=O) groups excluding carboxylic acids is 1. The first-order valence-electron chi connectivity index (χ1n) is 6.90. The summed E-state index contributed by atoms with van der Waals surface area (Å²) in [6.07, 6.45) is 3.19. The predicted octanol–water partition coefficient (Wildman–Crippen LogP) is 3.76. The molecule has 1 saturated heterocycles. The Labute approximate surface area is 123 Å². The Hall–Kier alpha value is -0.670. The predicted molar refractivity (Wildman–Crippen MR) is 80.6 cm³/mol. The zero-order chi connectivity index (χ0) is 13.2. The number of benzene rings is 1. The maximum Gasteiger partial charge on any atom is 0.225 e. The number of thioether (sulfide) groups is 1. The lowest BCUT2D eigenvalue weighted by Crippen LogP contribution is -2.34. The molecular formula is C15H18ClNOS. The third-order valence-electron chi connectivity index (χ3n) is 3.83. The van der Waals surface area contributed by atoms with E-state index in [9.17, 15) is 4.79 Å². The second-order valence-corrected chi connectivity index (χ2v) is 6.99. The van der Waals surface area contributed by atoms with Crippen LogP contribution in [0.1, 0.15) is 30.1 Å². The van der Waals surface area contributed by atoms with Crippen LogP contribution in [0.15, 0.2) is 24.3 Å². The molecule has 0 spiro atoms. The van der Waals surface area contributed by atoms with Crippen molar-refractivity contribution in [3.8, 4) is 0 Å². The molecular weight excluding hydrogens is 278 g/mol. The van der Waals surface area contributed by atoms with Crippen molar-refractivity contribution >= 4 is 29.3 Å². The fourth-order valence-electron chi connectivity index (χ4n) is 2.56. The summed E-state index contributed by atoms with van der Waals surface area (Å²) >= 11 is 8.20. The zero-order valence-corrected chi connectivity index (χ0v) is 12.4. The molecule has 4 heteroatoms. The van der Waals surface area contributed by atoms with E-state index in [1.807, 2.05) is 30.0 Å². The lowest BCUT2D eigenvalue weighted by Gasteiger charge is -2.20. The average molecular weight is 296 g/mol. The lowest BCUT2D eigenvalue weighted by atomic mass is 10.1. The summed E-state index contributed by atoms with van der Waals surface area (Å²) in [4.78, 5) is 14.2. The highest BCUT2D eigenvalue weighted by atomic mass is 35.5. The van der Waals surface area contributed by atoms with Crippen LogP contribution in [0.25, 0.3) is 0 Å². The van der Waals surface area contributed by atoms with Crippen LogP contribution < -0.4 is 0 Å². The minimum Gasteiger partial charge on any atom is -0.342 e. The first-order chi connectivity index (χ1) is 9.25. The van der Waals surface area contributed by atoms with Gasteiger partial charge < -0.3 is 4.90 Å². The summed E-state index contributed by atoms with van der Waals surface area (Å²) in [5, 5.41) is 1.27. The van der Waals surface area contributed by atoms with E-state index in [1.54, 1.807) is 0 Å². The number of hydrogen-bond acceptors (Lipinski definition) is 2. The molecule has 1 aromatic carbocycles. The summed E-state index contributed by atoms with van der Waals surface area (Å²) in [5.41, 5.74) is 1.22. The van der Waals surface area contributed by atoms with Gasteiger partial charge in [0, 0.05) is 35.0 Å². The summed E-state index contributed by atoms with van der Waals surface area (Å²) in [7, 11) is 0. The quantitative estimate of drug-likeness (QED) is 0.828. The zero-order valence-electron chi connectivity index (χ0n) is 10.8. The van der Waals surface area contributed by atoms with Gasteiger partial charge in [0.1, 0.15) is 0 Å². The van der Waals surface area contributed by atoms with Crippen LogP contribution in [-0.4, -0.2) is 29.6 Å². The number of carbonyl (C=O) groups is 1. The minimum atomic E-state index is 0.335. The number of nitrogens with zero attached hydrogens (tertiary/aromatic N) is 1. The Morgan fingerprint density at radius 1 is 1.21 bits per heavy atom. The Kier molecular flexibility index (Phi) is 4.04. The van der Waals surface area contributed by atoms with Gasteiger partial charge in [0.2, 0.25) is 5.91 Å². The van der Waals surface area contributed by atoms with E-state index in [2.05, 4.69) is 11.0 Å². The second kappa shape index (κ2) is 5.76. The Morgan fingerprint density at radius 3 is 2.74 bits per heavy atom. The largest absolute Gasteiger partial charge is 0.342 e. The molecule has 19 heavy (non-hydrogen) atoms. The second-order valence-electron chi connectivity index (χ2n) is 5.27. The number of rotatable bonds is 2. The van der Waals surface area contributed by atoms with Gasteiger partial charge in [-0.2, -0.15) is 11.8 Å². The van der Waals surface area contributed by atoms with Gasteiger partial charge in [-0.1, -0.05) is 29.8 Å². The summed E-state index contributed by atoms with van der Waals surface area (Å²) in [6, 6.07) is 8.07. The van der Waals surface area contributed by atoms with Gasteiger partial charge in [-0.25, -0.2) is 0 Å². The molecule has 2 nitrogen and oxygen atoms in total. The van der Waals surface area contributed by atoms with E-state index in [4.69, 9.17) is 11.6 Å². The van der Waals surface area contributed by atoms with E-state index >= 15 is 0 Å². The van der Waals surface area contributed by atoms with Crippen LogP contribution in [-0.2, 0) is 4.79 Å². The lowest BCUT2D eigenvalue weighted by molar-refractivity contribution is -0.132. The third-order valence-corrected chi connectivity index (χ3v) is 5.49. The van der Waals surface area contributed by atoms with Crippen LogP contribution in [0.3, 0.4) is 0 Å². The van der Waals surface area contributed by atoms with Gasteiger partial charge >= 0.3 is 0 Å². The van der Waals surface area contributed by atoms with Crippen molar-refractivity contribution in [2.75, 3.05) is 18.8 Å². The van der Waals surface area contributed by atoms with Crippen molar-refractivity contribution in [1.29, 1.82) is 0 Å². The molecule has 1 aromatic rings. The first-order valence-corrected chi connectivity index (χ1v) is 8.33. The molecule has 0 bridgehead atoms. The van der Waals surface area contributed by atoms with Crippen molar-refractivity contribution in [1.82, 2.24) is 4.90 Å². The SMILES string of the molecule is O=C(C1CC1)N1CCSC(c2ccccc2Cl)CC1. The van der Waals surface area contributed by atoms with Crippen LogP contribution in [0.4, 0.5) is 0 Å². The van der Waals surface area contributed by atoms with Crippen LogP contribution >= 0.6 is 23.4 Å². The van der Waals surface area contributed by atoms with Gasteiger partial charge in [0.05, 0.1) is 0 Å². The molecule has 1 amide bonds. The van der Waals surface area contributed by atoms with E-state index in [1.165, 1.54) is 5.56 Å². The normalized spacial score (nSPS) is 24.1. The summed E-state index contributed by atoms with van der Waals surface area (Å²) < 4.78 is 0. The molecule has 0 aromatic heterocycles. The molecule has 0 radical (unpaired) electrons. The number of halogens is 1. The fourth-order valence-corrected chi connectivity index (χ4v) is 4.16. The highest BCUT2D eigenvalue weighted by molar-refractivity contribution is 7.99. The Balaban J connectivity index is 1.67. The Bertz CT molecular complexity index is 475. The standard InChI is InChI=1S/C15H18ClNOS/c16-13-4-2-1-3-12(13)14-7-8-17(9-10-19-14)15(18)11-5-6-11/h1-4,11,14H,5-10H2. The molecule has 102 valence electrons. The van der Waals surface area contributed by atoms with Gasteiger partial charge in [-0.15, -0.1) is 0 Å². The molecule has 2 aliphatic rings. The molecule has 3 rings (SSSR count). The smallest absolute Gasteiger partial charge is 0.225 e. The van der Waals surface area contributed by atoms with Gasteiger partial charge in [0.25, 0.3) is 0 Å². The number of hydrogen-bond donors (Lipinski definition) is 0. The maximum absolute atomic E-state index is 12.1. The van der Waals surface area contributed by atoms with Gasteiger partial charge in [-0.05, 0) is 30.9 Å². The topological polar surface area (TPSA) is 20.3 Å². The van der Waals surface area contributed by atoms with E-state index in [0.29, 0.717) is 17.1 Å². The van der Waals surface area contributed by atoms with E-state index < -0.39 is 0 Å². The van der Waals surface area contributed by atoms with Crippen molar-refractivity contribution in [3.05, 3.63) is 34.9 Å². The minimum absolute atomic E-state index is 0.335. The van der Waals surface area contributed by atoms with Gasteiger partial charge in [-0.3, -0.25) is 4.79 Å². The molecule has 2 fully saturated rings. The highest BCUT2D eigenvalue weighted by Gasteiger charge is 2.34. The van der Waals surface area contributed by atoms with Crippen LogP contribution in [0.5, 0.6) is 0 Å². The first kappa shape index (κ1) is 13.3. The molecule has 1 unspecified atom stereocenters. The van der Waals surface area contributed by atoms with Crippen LogP contribution in [0.2, 0.25) is 5.02 Å². The number of amides is 1. The molecule has 1 atom stereocenters. The monoisotopic (exact) mass is 295 g/mol. The molecule has 0 N–H and O–H groups in total. The molecule has 1 aliphatic carbocycles. The van der Waals surface area contributed by atoms with E-state index in [-0.39, 0.29) is 0 Å². The summed E-state index contributed by atoms with van der Waals surface area (Å²) in [5.74, 6) is 1.72. The maximum atomic E-state index is 12.1. The summed E-state index contributed by atoms with van der Waals surface area (Å²) in [6.45, 7) is 1.76.